The van der Waals surface area contributed by atoms with Gasteiger partial charge in [0.05, 0.1) is 0 Å². The lowest BCUT2D eigenvalue weighted by atomic mass is 10.4. The van der Waals surface area contributed by atoms with Crippen LogP contribution >= 0.6 is 0 Å². The lowest BCUT2D eigenvalue weighted by molar-refractivity contribution is -0.116. The van der Waals surface area contributed by atoms with Crippen molar-refractivity contribution in [2.24, 2.45) is 4.99 Å². The minimum Gasteiger partial charge on any atom is -0.273 e. The van der Waals surface area contributed by atoms with Crippen molar-refractivity contribution in [3.63, 3.8) is 0 Å². The van der Waals surface area contributed by atoms with Gasteiger partial charge in [-0.05, 0) is 6.92 Å². The number of amides is 1. The number of carbonyl (C=O) groups excluding carboxylic acids is 1. The summed E-state index contributed by atoms with van der Waals surface area (Å²) in [5, 5.41) is 0. The van der Waals surface area contributed by atoms with Gasteiger partial charge in [-0.3, -0.25) is 4.79 Å². The summed E-state index contributed by atoms with van der Waals surface area (Å²) in [6, 6.07) is 0. The van der Waals surface area contributed by atoms with E-state index in [2.05, 4.69) is 4.99 Å². The molecule has 0 spiro atoms. The number of alkyl halides is 3. The van der Waals surface area contributed by atoms with Crippen molar-refractivity contribution in [1.82, 2.24) is 0 Å². The predicted molar refractivity (Wildman–Crippen MR) is 29.8 cm³/mol. The van der Waals surface area contributed by atoms with Gasteiger partial charge in [0.25, 0.3) is 0 Å². The zero-order valence-corrected chi connectivity index (χ0v) is 5.49. The molecule has 0 unspecified atom stereocenters. The van der Waals surface area contributed by atoms with Crippen molar-refractivity contribution >= 4 is 11.6 Å². The molecule has 0 saturated carbocycles. The molecule has 0 aliphatic rings. The van der Waals surface area contributed by atoms with Crippen LogP contribution < -0.4 is 0 Å². The van der Waals surface area contributed by atoms with E-state index in [1.165, 1.54) is 0 Å². The summed E-state index contributed by atoms with van der Waals surface area (Å²) in [6.45, 7) is 1.72. The second kappa shape index (κ2) is 2.81. The summed E-state index contributed by atoms with van der Waals surface area (Å²) >= 11 is 0. The molecule has 0 fully saturated rings. The summed E-state index contributed by atoms with van der Waals surface area (Å²) in [4.78, 5) is 12.7. The highest BCUT2D eigenvalue weighted by atomic mass is 19.4. The second-order valence-corrected chi connectivity index (χ2v) is 1.71. The van der Waals surface area contributed by atoms with E-state index in [1.807, 2.05) is 0 Å². The first-order valence-corrected chi connectivity index (χ1v) is 2.47. The lowest BCUT2D eigenvalue weighted by Gasteiger charge is -2.02. The van der Waals surface area contributed by atoms with Crippen molar-refractivity contribution in [1.29, 1.82) is 0 Å². The second-order valence-electron chi connectivity index (χ2n) is 1.71. The van der Waals surface area contributed by atoms with Crippen LogP contribution in [0.3, 0.4) is 0 Å². The largest absolute Gasteiger partial charge is 0.429 e. The molecule has 1 amide bonds. The van der Waals surface area contributed by atoms with E-state index in [0.717, 1.165) is 13.8 Å². The third kappa shape index (κ3) is 3.21. The molecule has 0 radical (unpaired) electrons. The molecule has 58 valence electrons. The van der Waals surface area contributed by atoms with Gasteiger partial charge in [0.1, 0.15) is 5.71 Å². The molecule has 0 rings (SSSR count). The quantitative estimate of drug-likeness (QED) is 0.485. The number of halogens is 3. The van der Waals surface area contributed by atoms with Gasteiger partial charge in [0, 0.05) is 6.92 Å². The molecule has 10 heavy (non-hydrogen) atoms. The molecule has 2 nitrogen and oxygen atoms in total. The van der Waals surface area contributed by atoms with E-state index in [-0.39, 0.29) is 0 Å². The van der Waals surface area contributed by atoms with Crippen molar-refractivity contribution in [2.75, 3.05) is 0 Å². The minimum absolute atomic E-state index is 0.751. The fourth-order valence-corrected chi connectivity index (χ4v) is 0.300. The molecule has 0 aromatic rings. The molecule has 0 aromatic carbocycles. The Morgan fingerprint density at radius 2 is 1.70 bits per heavy atom. The molecule has 0 N–H and O–H groups in total. The number of aliphatic imine (C=N–C) groups is 1. The average Bonchev–Trinajstić information content (AvgIpc) is 1.60. The average molecular weight is 153 g/mol. The van der Waals surface area contributed by atoms with Crippen LogP contribution in [0.4, 0.5) is 13.2 Å². The van der Waals surface area contributed by atoms with Crippen LogP contribution in [-0.4, -0.2) is 17.8 Å². The Bertz CT molecular complexity index is 170. The van der Waals surface area contributed by atoms with E-state index in [4.69, 9.17) is 0 Å². The molecular weight excluding hydrogens is 147 g/mol. The fourth-order valence-electron chi connectivity index (χ4n) is 0.300. The summed E-state index contributed by atoms with van der Waals surface area (Å²) < 4.78 is 34.6. The zero-order chi connectivity index (χ0) is 8.36. The van der Waals surface area contributed by atoms with Gasteiger partial charge in [-0.2, -0.15) is 13.2 Å². The lowest BCUT2D eigenvalue weighted by Crippen LogP contribution is -2.20. The maximum atomic E-state index is 11.5. The van der Waals surface area contributed by atoms with Crippen LogP contribution in [-0.2, 0) is 4.79 Å². The Balaban J connectivity index is 4.35. The third-order valence-electron chi connectivity index (χ3n) is 0.735. The predicted octanol–water partition coefficient (Wildman–Crippen LogP) is 1.56. The topological polar surface area (TPSA) is 29.4 Å². The number of rotatable bonds is 0. The summed E-state index contributed by atoms with van der Waals surface area (Å²) in [5.41, 5.74) is -1.11. The Hall–Kier alpha value is -0.870. The van der Waals surface area contributed by atoms with Gasteiger partial charge in [-0.25, -0.2) is 4.99 Å². The Kier molecular flexibility index (Phi) is 2.56. The van der Waals surface area contributed by atoms with Gasteiger partial charge >= 0.3 is 6.18 Å². The molecule has 0 saturated heterocycles. The van der Waals surface area contributed by atoms with Crippen LogP contribution in [0, 0.1) is 0 Å². The van der Waals surface area contributed by atoms with E-state index >= 15 is 0 Å². The van der Waals surface area contributed by atoms with Crippen molar-refractivity contribution < 1.29 is 18.0 Å². The van der Waals surface area contributed by atoms with Crippen molar-refractivity contribution in [3.05, 3.63) is 0 Å². The Labute approximate surface area is 55.8 Å². The summed E-state index contributed by atoms with van der Waals surface area (Å²) in [6.07, 6.45) is -4.48. The fraction of sp³-hybridized carbons (Fsp3) is 0.600. The molecule has 0 heterocycles. The van der Waals surface area contributed by atoms with E-state index < -0.39 is 17.8 Å². The number of hydrogen-bond acceptors (Lipinski definition) is 1. The standard InChI is InChI=1S/C5H6F3NO/c1-3(5(6,7)8)9-4(2)10/h1-2H3. The number of hydrogen-bond donors (Lipinski definition) is 0. The van der Waals surface area contributed by atoms with Gasteiger partial charge in [-0.15, -0.1) is 0 Å². The third-order valence-corrected chi connectivity index (χ3v) is 0.735. The smallest absolute Gasteiger partial charge is 0.273 e. The highest BCUT2D eigenvalue weighted by Crippen LogP contribution is 2.16. The monoisotopic (exact) mass is 153 g/mol. The molecule has 0 atom stereocenters. The van der Waals surface area contributed by atoms with Crippen LogP contribution in [0.2, 0.25) is 0 Å². The number of nitrogens with zero attached hydrogens (tertiary/aromatic N) is 1. The maximum absolute atomic E-state index is 11.5. The first-order chi connectivity index (χ1) is 4.34. The first kappa shape index (κ1) is 9.13. The molecule has 0 aliphatic heterocycles. The normalized spacial score (nSPS) is 13.5. The Morgan fingerprint density at radius 1 is 1.30 bits per heavy atom. The molecule has 0 aliphatic carbocycles. The van der Waals surface area contributed by atoms with Gasteiger partial charge in [0.2, 0.25) is 5.91 Å². The summed E-state index contributed by atoms with van der Waals surface area (Å²) in [7, 11) is 0. The maximum Gasteiger partial charge on any atom is 0.429 e. The first-order valence-electron chi connectivity index (χ1n) is 2.47. The van der Waals surface area contributed by atoms with Gasteiger partial charge in [0.15, 0.2) is 0 Å². The molecule has 0 aromatic heterocycles. The molecular formula is C5H6F3NO. The van der Waals surface area contributed by atoms with Crippen LogP contribution in [0.15, 0.2) is 4.99 Å². The zero-order valence-electron chi connectivity index (χ0n) is 5.49. The van der Waals surface area contributed by atoms with Crippen LogP contribution in [0.5, 0.6) is 0 Å². The number of carbonyl (C=O) groups is 1. The SMILES string of the molecule is CC(=O)N=C(C)C(F)(F)F. The van der Waals surface area contributed by atoms with E-state index in [9.17, 15) is 18.0 Å². The summed E-state index contributed by atoms with van der Waals surface area (Å²) in [5.74, 6) is -0.838. The van der Waals surface area contributed by atoms with Gasteiger partial charge in [-0.1, -0.05) is 0 Å². The highest BCUT2D eigenvalue weighted by Gasteiger charge is 2.32. The van der Waals surface area contributed by atoms with Crippen LogP contribution in [0.1, 0.15) is 13.8 Å². The van der Waals surface area contributed by atoms with Crippen LogP contribution in [0.25, 0.3) is 0 Å². The molecule has 0 bridgehead atoms. The highest BCUT2D eigenvalue weighted by molar-refractivity contribution is 5.96. The van der Waals surface area contributed by atoms with Crippen molar-refractivity contribution in [3.8, 4) is 0 Å². The van der Waals surface area contributed by atoms with E-state index in [0.29, 0.717) is 0 Å². The molecule has 5 heteroatoms. The van der Waals surface area contributed by atoms with Crippen molar-refractivity contribution in [2.45, 2.75) is 20.0 Å². The van der Waals surface area contributed by atoms with Gasteiger partial charge < -0.3 is 0 Å². The minimum atomic E-state index is -4.48. The Morgan fingerprint density at radius 3 is 1.80 bits per heavy atom. The van der Waals surface area contributed by atoms with E-state index in [1.54, 1.807) is 0 Å².